The number of fused-ring (bicyclic) bond motifs is 1. The van der Waals surface area contributed by atoms with Crippen molar-refractivity contribution in [2.45, 2.75) is 33.2 Å². The van der Waals surface area contributed by atoms with Crippen molar-refractivity contribution in [2.75, 3.05) is 39.3 Å². The SMILES string of the molecule is COc1cc(CNC(=O)C2CCCN(c3ncnc4oc(C)c(C)c34)C2)cc(OC)c1OC. The Labute approximate surface area is 193 Å². The first-order chi connectivity index (χ1) is 16.0. The molecule has 0 radical (unpaired) electrons. The van der Waals surface area contributed by atoms with E-state index in [-0.39, 0.29) is 11.8 Å². The Morgan fingerprint density at radius 1 is 1.15 bits per heavy atom. The molecule has 2 aromatic heterocycles. The fourth-order valence-corrected chi connectivity index (χ4v) is 4.36. The highest BCUT2D eigenvalue weighted by Gasteiger charge is 2.28. The molecule has 3 aromatic rings. The quantitative estimate of drug-likeness (QED) is 0.580. The third-order valence-corrected chi connectivity index (χ3v) is 6.23. The van der Waals surface area contributed by atoms with Crippen molar-refractivity contribution in [3.8, 4) is 17.2 Å². The van der Waals surface area contributed by atoms with Crippen molar-refractivity contribution in [3.05, 3.63) is 35.3 Å². The number of aryl methyl sites for hydroxylation is 2. The topological polar surface area (TPSA) is 99.0 Å². The molecular weight excluding hydrogens is 424 g/mol. The number of nitrogens with one attached hydrogen (secondary N) is 1. The van der Waals surface area contributed by atoms with Gasteiger partial charge >= 0.3 is 0 Å². The van der Waals surface area contributed by atoms with Crippen LogP contribution >= 0.6 is 0 Å². The average molecular weight is 455 g/mol. The second kappa shape index (κ2) is 9.56. The highest BCUT2D eigenvalue weighted by atomic mass is 16.5. The number of carbonyl (C=O) groups excluding carboxylic acids is 1. The van der Waals surface area contributed by atoms with Gasteiger partial charge in [0.25, 0.3) is 0 Å². The number of furan rings is 1. The molecule has 1 aliphatic rings. The molecular formula is C24H30N4O5. The number of benzene rings is 1. The molecule has 0 aliphatic carbocycles. The van der Waals surface area contributed by atoms with Crippen LogP contribution in [0.15, 0.2) is 22.9 Å². The summed E-state index contributed by atoms with van der Waals surface area (Å²) in [6.45, 7) is 5.74. The van der Waals surface area contributed by atoms with Gasteiger partial charge in [-0.3, -0.25) is 4.79 Å². The Morgan fingerprint density at radius 2 is 1.88 bits per heavy atom. The van der Waals surface area contributed by atoms with E-state index in [1.165, 1.54) is 6.33 Å². The van der Waals surface area contributed by atoms with Crippen molar-refractivity contribution in [2.24, 2.45) is 5.92 Å². The fourth-order valence-electron chi connectivity index (χ4n) is 4.36. The van der Waals surface area contributed by atoms with E-state index in [0.717, 1.165) is 47.5 Å². The molecule has 9 heteroatoms. The average Bonchev–Trinajstić information content (AvgIpc) is 3.15. The molecule has 33 heavy (non-hydrogen) atoms. The molecule has 176 valence electrons. The molecule has 4 rings (SSSR count). The third-order valence-electron chi connectivity index (χ3n) is 6.23. The van der Waals surface area contributed by atoms with Crippen LogP contribution in [-0.4, -0.2) is 50.3 Å². The van der Waals surface area contributed by atoms with Crippen LogP contribution in [0.3, 0.4) is 0 Å². The van der Waals surface area contributed by atoms with E-state index >= 15 is 0 Å². The van der Waals surface area contributed by atoms with E-state index in [9.17, 15) is 4.79 Å². The molecule has 1 fully saturated rings. The highest BCUT2D eigenvalue weighted by molar-refractivity contribution is 5.90. The minimum Gasteiger partial charge on any atom is -0.493 e. The van der Waals surface area contributed by atoms with Crippen LogP contribution in [0.4, 0.5) is 5.82 Å². The second-order valence-corrected chi connectivity index (χ2v) is 8.20. The van der Waals surface area contributed by atoms with Gasteiger partial charge in [-0.15, -0.1) is 0 Å². The van der Waals surface area contributed by atoms with Crippen LogP contribution in [0.25, 0.3) is 11.1 Å². The lowest BCUT2D eigenvalue weighted by atomic mass is 9.96. The summed E-state index contributed by atoms with van der Waals surface area (Å²) in [5.74, 6) is 3.18. The lowest BCUT2D eigenvalue weighted by Gasteiger charge is -2.33. The number of piperidine rings is 1. The number of anilines is 1. The molecule has 0 spiro atoms. The van der Waals surface area contributed by atoms with Gasteiger partial charge in [0.1, 0.15) is 17.9 Å². The van der Waals surface area contributed by atoms with Crippen LogP contribution < -0.4 is 24.4 Å². The minimum absolute atomic E-state index is 0.0128. The molecule has 1 atom stereocenters. The Balaban J connectivity index is 1.47. The van der Waals surface area contributed by atoms with Crippen LogP contribution in [-0.2, 0) is 11.3 Å². The molecule has 0 saturated carbocycles. The van der Waals surface area contributed by atoms with Gasteiger partial charge in [0.2, 0.25) is 17.4 Å². The monoisotopic (exact) mass is 454 g/mol. The highest BCUT2D eigenvalue weighted by Crippen LogP contribution is 2.38. The predicted molar refractivity (Wildman–Crippen MR) is 124 cm³/mol. The van der Waals surface area contributed by atoms with E-state index in [4.69, 9.17) is 18.6 Å². The summed E-state index contributed by atoms with van der Waals surface area (Å²) in [6, 6.07) is 3.69. The maximum atomic E-state index is 13.0. The number of aromatic nitrogens is 2. The van der Waals surface area contributed by atoms with Crippen LogP contribution in [0.1, 0.15) is 29.7 Å². The molecule has 1 saturated heterocycles. The summed E-state index contributed by atoms with van der Waals surface area (Å²) in [6.07, 6.45) is 3.26. The molecule has 0 bridgehead atoms. The number of hydrogen-bond acceptors (Lipinski definition) is 8. The maximum absolute atomic E-state index is 13.0. The zero-order valence-corrected chi connectivity index (χ0v) is 19.7. The van der Waals surface area contributed by atoms with Gasteiger partial charge in [-0.1, -0.05) is 0 Å². The van der Waals surface area contributed by atoms with Gasteiger partial charge in [-0.2, -0.15) is 0 Å². The zero-order chi connectivity index (χ0) is 23.5. The van der Waals surface area contributed by atoms with E-state index in [2.05, 4.69) is 20.2 Å². The maximum Gasteiger partial charge on any atom is 0.231 e. The number of ether oxygens (including phenoxy) is 3. The van der Waals surface area contributed by atoms with Crippen LogP contribution in [0, 0.1) is 19.8 Å². The largest absolute Gasteiger partial charge is 0.493 e. The predicted octanol–water partition coefficient (Wildman–Crippen LogP) is 3.40. The molecule has 1 aromatic carbocycles. The van der Waals surface area contributed by atoms with Crippen molar-refractivity contribution >= 4 is 22.8 Å². The van der Waals surface area contributed by atoms with Crippen molar-refractivity contribution in [3.63, 3.8) is 0 Å². The summed E-state index contributed by atoms with van der Waals surface area (Å²) < 4.78 is 21.9. The van der Waals surface area contributed by atoms with Gasteiger partial charge < -0.3 is 28.8 Å². The number of amides is 1. The molecule has 1 unspecified atom stereocenters. The first-order valence-electron chi connectivity index (χ1n) is 11.0. The third kappa shape index (κ3) is 4.40. The Hall–Kier alpha value is -3.49. The summed E-state index contributed by atoms with van der Waals surface area (Å²) >= 11 is 0. The smallest absolute Gasteiger partial charge is 0.231 e. The Kier molecular flexibility index (Phi) is 6.57. The van der Waals surface area contributed by atoms with Crippen molar-refractivity contribution in [1.82, 2.24) is 15.3 Å². The molecule has 1 N–H and O–H groups in total. The Bertz CT molecular complexity index is 1130. The number of carbonyl (C=O) groups is 1. The number of methoxy groups -OCH3 is 3. The van der Waals surface area contributed by atoms with Gasteiger partial charge in [0, 0.05) is 25.2 Å². The van der Waals surface area contributed by atoms with Gasteiger partial charge in [0.15, 0.2) is 11.5 Å². The molecule has 3 heterocycles. The van der Waals surface area contributed by atoms with Crippen molar-refractivity contribution < 1.29 is 23.4 Å². The lowest BCUT2D eigenvalue weighted by Crippen LogP contribution is -2.43. The summed E-state index contributed by atoms with van der Waals surface area (Å²) in [5.41, 5.74) is 2.49. The first-order valence-corrected chi connectivity index (χ1v) is 11.0. The number of rotatable bonds is 7. The van der Waals surface area contributed by atoms with E-state index in [1.54, 1.807) is 21.3 Å². The number of hydrogen-bond donors (Lipinski definition) is 1. The zero-order valence-electron chi connectivity index (χ0n) is 19.7. The van der Waals surface area contributed by atoms with Crippen LogP contribution in [0.2, 0.25) is 0 Å². The fraction of sp³-hybridized carbons (Fsp3) is 0.458. The molecule has 1 amide bonds. The lowest BCUT2D eigenvalue weighted by molar-refractivity contribution is -0.125. The number of nitrogens with zero attached hydrogens (tertiary/aromatic N) is 3. The molecule has 1 aliphatic heterocycles. The van der Waals surface area contributed by atoms with E-state index in [1.807, 2.05) is 26.0 Å². The van der Waals surface area contributed by atoms with Gasteiger partial charge in [0.05, 0.1) is 32.6 Å². The minimum atomic E-state index is -0.140. The summed E-state index contributed by atoms with van der Waals surface area (Å²) in [5, 5.41) is 3.99. The standard InChI is InChI=1S/C24H30N4O5/c1-14-15(2)33-24-20(14)22(26-13-27-24)28-8-6-7-17(12-28)23(29)25-11-16-9-18(30-3)21(32-5)19(10-16)31-4/h9-10,13,17H,6-8,11-12H2,1-5H3,(H,25,29). The van der Waals surface area contributed by atoms with E-state index < -0.39 is 0 Å². The van der Waals surface area contributed by atoms with Crippen molar-refractivity contribution in [1.29, 1.82) is 0 Å². The van der Waals surface area contributed by atoms with E-state index in [0.29, 0.717) is 36.1 Å². The normalized spacial score (nSPS) is 16.0. The summed E-state index contributed by atoms with van der Waals surface area (Å²) in [7, 11) is 4.71. The Morgan fingerprint density at radius 3 is 2.55 bits per heavy atom. The van der Waals surface area contributed by atoms with Gasteiger partial charge in [-0.25, -0.2) is 9.97 Å². The van der Waals surface area contributed by atoms with Crippen LogP contribution in [0.5, 0.6) is 17.2 Å². The van der Waals surface area contributed by atoms with Gasteiger partial charge in [-0.05, 0) is 44.4 Å². The first kappa shape index (κ1) is 22.7. The second-order valence-electron chi connectivity index (χ2n) is 8.20. The summed E-state index contributed by atoms with van der Waals surface area (Å²) in [4.78, 5) is 24.0. The molecule has 9 nitrogen and oxygen atoms in total.